The van der Waals surface area contributed by atoms with Crippen molar-refractivity contribution >= 4 is 40.0 Å². The fourth-order valence-electron chi connectivity index (χ4n) is 3.34. The summed E-state index contributed by atoms with van der Waals surface area (Å²) in [6.07, 6.45) is 1.01. The van der Waals surface area contributed by atoms with Crippen molar-refractivity contribution in [1.29, 1.82) is 0 Å². The smallest absolute Gasteiger partial charge is 0.257 e. The van der Waals surface area contributed by atoms with Gasteiger partial charge >= 0.3 is 0 Å². The largest absolute Gasteiger partial charge is 0.491 e. The summed E-state index contributed by atoms with van der Waals surface area (Å²) in [5.41, 5.74) is 4.80. The minimum absolute atomic E-state index is 0.0702. The molecule has 3 aromatic carbocycles. The number of oxazole rings is 1. The molecule has 0 atom stereocenters. The first-order chi connectivity index (χ1) is 15.9. The van der Waals surface area contributed by atoms with Crippen LogP contribution < -0.4 is 15.4 Å². The van der Waals surface area contributed by atoms with Crippen LogP contribution in [0.3, 0.4) is 0 Å². The number of carbonyl (C=O) groups excluding carboxylic acids is 1. The zero-order valence-corrected chi connectivity index (χ0v) is 19.5. The molecule has 2 N–H and O–H groups in total. The Hall–Kier alpha value is -3.71. The van der Waals surface area contributed by atoms with E-state index in [0.717, 1.165) is 28.8 Å². The molecule has 0 aliphatic heterocycles. The predicted molar refractivity (Wildman–Crippen MR) is 135 cm³/mol. The molecule has 0 saturated carbocycles. The lowest BCUT2D eigenvalue weighted by Crippen LogP contribution is -2.34. The van der Waals surface area contributed by atoms with Gasteiger partial charge in [0.2, 0.25) is 5.89 Å². The van der Waals surface area contributed by atoms with Gasteiger partial charge in [-0.25, -0.2) is 4.98 Å². The van der Waals surface area contributed by atoms with E-state index in [2.05, 4.69) is 22.5 Å². The summed E-state index contributed by atoms with van der Waals surface area (Å²) in [5, 5.41) is 5.95. The van der Waals surface area contributed by atoms with E-state index in [0.29, 0.717) is 17.2 Å². The first-order valence-electron chi connectivity index (χ1n) is 10.8. The minimum Gasteiger partial charge on any atom is -0.491 e. The number of hydrogen-bond acceptors (Lipinski definition) is 5. The van der Waals surface area contributed by atoms with Gasteiger partial charge in [-0.3, -0.25) is 10.1 Å². The molecule has 168 valence electrons. The van der Waals surface area contributed by atoms with E-state index in [1.807, 2.05) is 56.3 Å². The van der Waals surface area contributed by atoms with Crippen molar-refractivity contribution in [2.75, 3.05) is 5.32 Å². The van der Waals surface area contributed by atoms with E-state index >= 15 is 0 Å². The Bertz CT molecular complexity index is 1300. The summed E-state index contributed by atoms with van der Waals surface area (Å²) in [7, 11) is 0. The molecular formula is C26H25N3O3S. The quantitative estimate of drug-likeness (QED) is 0.346. The number of fused-ring (bicyclic) bond motifs is 1. The predicted octanol–water partition coefficient (Wildman–Crippen LogP) is 5.97. The number of benzene rings is 3. The number of nitrogens with one attached hydrogen (secondary N) is 2. The summed E-state index contributed by atoms with van der Waals surface area (Å²) in [6, 6.07) is 20.5. The maximum Gasteiger partial charge on any atom is 0.257 e. The molecule has 1 aromatic heterocycles. The van der Waals surface area contributed by atoms with Crippen molar-refractivity contribution < 1.29 is 13.9 Å². The van der Waals surface area contributed by atoms with Gasteiger partial charge in [-0.1, -0.05) is 19.1 Å². The van der Waals surface area contributed by atoms with Crippen LogP contribution in [-0.4, -0.2) is 22.1 Å². The number of aryl methyl sites for hydroxylation is 1. The first-order valence-corrected chi connectivity index (χ1v) is 11.2. The van der Waals surface area contributed by atoms with Crippen LogP contribution in [0, 0.1) is 0 Å². The highest BCUT2D eigenvalue weighted by atomic mass is 32.1. The topological polar surface area (TPSA) is 76.4 Å². The Morgan fingerprint density at radius 2 is 1.88 bits per heavy atom. The van der Waals surface area contributed by atoms with Gasteiger partial charge in [-0.05, 0) is 92.6 Å². The van der Waals surface area contributed by atoms with Gasteiger partial charge in [0.1, 0.15) is 11.3 Å². The van der Waals surface area contributed by atoms with Gasteiger partial charge in [0.05, 0.1) is 6.10 Å². The molecule has 4 aromatic rings. The number of hydrogen-bond donors (Lipinski definition) is 2. The van der Waals surface area contributed by atoms with Crippen molar-refractivity contribution in [3.8, 4) is 17.2 Å². The minimum atomic E-state index is -0.301. The number of rotatable bonds is 6. The average molecular weight is 460 g/mol. The average Bonchev–Trinajstić information content (AvgIpc) is 3.22. The van der Waals surface area contributed by atoms with Crippen LogP contribution in [0.15, 0.2) is 71.1 Å². The second kappa shape index (κ2) is 9.83. The van der Waals surface area contributed by atoms with Gasteiger partial charge in [0, 0.05) is 16.8 Å². The molecule has 33 heavy (non-hydrogen) atoms. The van der Waals surface area contributed by atoms with Crippen molar-refractivity contribution in [1.82, 2.24) is 10.3 Å². The van der Waals surface area contributed by atoms with Crippen molar-refractivity contribution in [2.45, 2.75) is 33.3 Å². The van der Waals surface area contributed by atoms with Crippen LogP contribution in [0.25, 0.3) is 22.6 Å². The van der Waals surface area contributed by atoms with Crippen molar-refractivity contribution in [2.24, 2.45) is 0 Å². The van der Waals surface area contributed by atoms with Crippen molar-refractivity contribution in [3.05, 3.63) is 77.9 Å². The summed E-state index contributed by atoms with van der Waals surface area (Å²) in [4.78, 5) is 17.1. The zero-order chi connectivity index (χ0) is 23.4. The molecule has 4 rings (SSSR count). The molecule has 0 fully saturated rings. The monoisotopic (exact) mass is 459 g/mol. The molecule has 0 unspecified atom stereocenters. The first kappa shape index (κ1) is 22.5. The molecule has 1 heterocycles. The molecular weight excluding hydrogens is 434 g/mol. The molecule has 0 radical (unpaired) electrons. The molecule has 0 aliphatic carbocycles. The van der Waals surface area contributed by atoms with E-state index in [-0.39, 0.29) is 17.1 Å². The molecule has 7 heteroatoms. The summed E-state index contributed by atoms with van der Waals surface area (Å²) >= 11 is 5.33. The van der Waals surface area contributed by atoms with Crippen LogP contribution in [0.5, 0.6) is 5.75 Å². The molecule has 1 amide bonds. The maximum absolute atomic E-state index is 12.5. The van der Waals surface area contributed by atoms with E-state index in [1.165, 1.54) is 5.56 Å². The summed E-state index contributed by atoms with van der Waals surface area (Å²) in [5.74, 6) is 0.940. The molecule has 0 saturated heterocycles. The summed E-state index contributed by atoms with van der Waals surface area (Å²) < 4.78 is 11.5. The van der Waals surface area contributed by atoms with Crippen LogP contribution in [0.4, 0.5) is 5.69 Å². The van der Waals surface area contributed by atoms with Gasteiger partial charge in [-0.15, -0.1) is 0 Å². The number of anilines is 1. The maximum atomic E-state index is 12.5. The van der Waals surface area contributed by atoms with Crippen LogP contribution in [0.1, 0.15) is 36.7 Å². The third-order valence-corrected chi connectivity index (χ3v) is 5.15. The van der Waals surface area contributed by atoms with Crippen LogP contribution in [0.2, 0.25) is 0 Å². The second-order valence-corrected chi connectivity index (χ2v) is 8.26. The SMILES string of the molecule is CCc1ccc2oc(-c3cccc(NC(=S)NC(=O)c4ccc(OC(C)C)cc4)c3)nc2c1. The zero-order valence-electron chi connectivity index (χ0n) is 18.7. The van der Waals surface area contributed by atoms with Gasteiger partial charge in [0.25, 0.3) is 5.91 Å². The van der Waals surface area contributed by atoms with Gasteiger partial charge < -0.3 is 14.5 Å². The highest BCUT2D eigenvalue weighted by Crippen LogP contribution is 2.27. The lowest BCUT2D eigenvalue weighted by molar-refractivity contribution is 0.0977. The Balaban J connectivity index is 1.42. The second-order valence-electron chi connectivity index (χ2n) is 7.85. The number of nitrogens with zero attached hydrogens (tertiary/aromatic N) is 1. The molecule has 0 aliphatic rings. The Kier molecular flexibility index (Phi) is 6.70. The van der Waals surface area contributed by atoms with E-state index in [4.69, 9.17) is 21.4 Å². The molecule has 0 spiro atoms. The van der Waals surface area contributed by atoms with Gasteiger partial charge in [0.15, 0.2) is 10.7 Å². The fraction of sp³-hybridized carbons (Fsp3) is 0.192. The number of carbonyl (C=O) groups is 1. The Labute approximate surface area is 198 Å². The van der Waals surface area contributed by atoms with Crippen molar-refractivity contribution in [3.63, 3.8) is 0 Å². The highest BCUT2D eigenvalue weighted by molar-refractivity contribution is 7.80. The number of thiocarbonyl (C=S) groups is 1. The highest BCUT2D eigenvalue weighted by Gasteiger charge is 2.12. The van der Waals surface area contributed by atoms with Crippen LogP contribution >= 0.6 is 12.2 Å². The molecule has 0 bridgehead atoms. The van der Waals surface area contributed by atoms with Crippen LogP contribution in [-0.2, 0) is 6.42 Å². The van der Waals surface area contributed by atoms with E-state index < -0.39 is 0 Å². The van der Waals surface area contributed by atoms with E-state index in [1.54, 1.807) is 24.3 Å². The van der Waals surface area contributed by atoms with E-state index in [9.17, 15) is 4.79 Å². The lowest BCUT2D eigenvalue weighted by Gasteiger charge is -2.12. The number of ether oxygens (including phenoxy) is 1. The normalized spacial score (nSPS) is 10.9. The number of aromatic nitrogens is 1. The third kappa shape index (κ3) is 5.56. The third-order valence-electron chi connectivity index (χ3n) is 4.94. The number of amides is 1. The Morgan fingerprint density at radius 1 is 1.09 bits per heavy atom. The summed E-state index contributed by atoms with van der Waals surface area (Å²) in [6.45, 7) is 6.01. The Morgan fingerprint density at radius 3 is 2.61 bits per heavy atom. The standard InChI is InChI=1S/C26H25N3O3S/c1-4-17-8-13-23-22(14-17)28-25(32-23)19-6-5-7-20(15-19)27-26(33)29-24(30)18-9-11-21(12-10-18)31-16(2)3/h5-16H,4H2,1-3H3,(H2,27,29,30,33). The van der Waals surface area contributed by atoms with Gasteiger partial charge in [-0.2, -0.15) is 0 Å². The molecule has 6 nitrogen and oxygen atoms in total. The fourth-order valence-corrected chi connectivity index (χ4v) is 3.55. The lowest BCUT2D eigenvalue weighted by atomic mass is 10.1.